The number of para-hydroxylation sites is 2. The molecule has 0 bridgehead atoms. The molecule has 30 heavy (non-hydrogen) atoms. The summed E-state index contributed by atoms with van der Waals surface area (Å²) in [5.41, 5.74) is 0.915. The normalized spacial score (nSPS) is 11.1. The van der Waals surface area contributed by atoms with Crippen LogP contribution in [0.4, 0.5) is 0 Å². The number of aryl methyl sites for hydroxylation is 1. The van der Waals surface area contributed by atoms with E-state index < -0.39 is 10.1 Å². The molecule has 0 atom stereocenters. The molecule has 2 aromatic carbocycles. The molecule has 0 spiro atoms. The fraction of sp³-hybridized carbons (Fsp3) is 0.478. The summed E-state index contributed by atoms with van der Waals surface area (Å²) in [6, 6.07) is 10.7. The van der Waals surface area contributed by atoms with Crippen LogP contribution in [0.5, 0.6) is 17.2 Å². The second-order valence-electron chi connectivity index (χ2n) is 7.38. The van der Waals surface area contributed by atoms with E-state index in [4.69, 9.17) is 4.74 Å². The van der Waals surface area contributed by atoms with Gasteiger partial charge >= 0.3 is 29.6 Å². The predicted molar refractivity (Wildman–Crippen MR) is 113 cm³/mol. The molecule has 0 aliphatic carbocycles. The first-order chi connectivity index (χ1) is 13.9. The summed E-state index contributed by atoms with van der Waals surface area (Å²) in [5, 5.41) is 11.9. The molecule has 5 nitrogen and oxygen atoms in total. The van der Waals surface area contributed by atoms with Gasteiger partial charge in [-0.2, -0.15) is 8.42 Å². The molecule has 2 rings (SSSR count). The smallest absolute Gasteiger partial charge is 0.870 e. The zero-order chi connectivity index (χ0) is 21.1. The molecular weight excluding hydrogens is 411 g/mol. The first-order valence-corrected chi connectivity index (χ1v) is 11.9. The molecule has 0 aliphatic heterocycles. The van der Waals surface area contributed by atoms with Crippen LogP contribution in [-0.4, -0.2) is 13.0 Å². The van der Waals surface area contributed by atoms with Crippen molar-refractivity contribution in [3.8, 4) is 17.2 Å². The van der Waals surface area contributed by atoms with Crippen LogP contribution in [0, 0.1) is 0 Å². The quantitative estimate of drug-likeness (QED) is 0.293. The van der Waals surface area contributed by atoms with Gasteiger partial charge in [0.05, 0.1) is 0 Å². The fourth-order valence-electron chi connectivity index (χ4n) is 3.29. The molecule has 1 N–H and O–H groups in total. The SMILES string of the molecule is CCCCCCCCCCCc1ccc(S(=O)(=O)O)c(Oc2ccccc2[O-])c1.[Na+]. The maximum Gasteiger partial charge on any atom is 1.00 e. The monoisotopic (exact) mass is 442 g/mol. The van der Waals surface area contributed by atoms with Crippen molar-refractivity contribution in [2.45, 2.75) is 76.0 Å². The third kappa shape index (κ3) is 9.40. The molecule has 0 aliphatic rings. The van der Waals surface area contributed by atoms with Crippen molar-refractivity contribution in [1.82, 2.24) is 0 Å². The van der Waals surface area contributed by atoms with Crippen molar-refractivity contribution in [2.24, 2.45) is 0 Å². The van der Waals surface area contributed by atoms with Crippen LogP contribution in [0.3, 0.4) is 0 Å². The van der Waals surface area contributed by atoms with Crippen molar-refractivity contribution < 1.29 is 52.4 Å². The Balaban J connectivity index is 0.00000450. The molecule has 2 aromatic rings. The van der Waals surface area contributed by atoms with Crippen molar-refractivity contribution in [1.29, 1.82) is 0 Å². The van der Waals surface area contributed by atoms with Crippen molar-refractivity contribution in [2.75, 3.05) is 0 Å². The number of unbranched alkanes of at least 4 members (excludes halogenated alkanes) is 8. The molecule has 160 valence electrons. The van der Waals surface area contributed by atoms with Crippen LogP contribution >= 0.6 is 0 Å². The number of hydrogen-bond acceptors (Lipinski definition) is 4. The van der Waals surface area contributed by atoms with Crippen molar-refractivity contribution in [3.05, 3.63) is 48.0 Å². The number of benzene rings is 2. The van der Waals surface area contributed by atoms with Gasteiger partial charge in [-0.25, -0.2) is 0 Å². The third-order valence-electron chi connectivity index (χ3n) is 4.92. The van der Waals surface area contributed by atoms with Crippen LogP contribution in [0.1, 0.15) is 70.3 Å². The summed E-state index contributed by atoms with van der Waals surface area (Å²) in [5.74, 6) is -0.347. The topological polar surface area (TPSA) is 86.7 Å². The second kappa shape index (κ2) is 14.1. The Hall–Kier alpha value is -1.05. The van der Waals surface area contributed by atoms with E-state index >= 15 is 0 Å². The van der Waals surface area contributed by atoms with Gasteiger partial charge in [-0.05, 0) is 36.6 Å². The minimum Gasteiger partial charge on any atom is -0.870 e. The summed E-state index contributed by atoms with van der Waals surface area (Å²) in [6.45, 7) is 2.22. The van der Waals surface area contributed by atoms with Gasteiger partial charge in [0.25, 0.3) is 10.1 Å². The summed E-state index contributed by atoms with van der Waals surface area (Å²) in [7, 11) is -4.45. The van der Waals surface area contributed by atoms with Crippen LogP contribution in [-0.2, 0) is 16.5 Å². The molecule has 0 radical (unpaired) electrons. The summed E-state index contributed by atoms with van der Waals surface area (Å²) < 4.78 is 38.3. The molecule has 0 unspecified atom stereocenters. The Morgan fingerprint density at radius 3 is 2.07 bits per heavy atom. The van der Waals surface area contributed by atoms with Crippen molar-refractivity contribution in [3.63, 3.8) is 0 Å². The first-order valence-electron chi connectivity index (χ1n) is 10.5. The maximum atomic E-state index is 11.9. The maximum absolute atomic E-state index is 11.9. The van der Waals surface area contributed by atoms with E-state index in [0.29, 0.717) is 0 Å². The number of ether oxygens (including phenoxy) is 1. The Morgan fingerprint density at radius 1 is 0.867 bits per heavy atom. The van der Waals surface area contributed by atoms with Gasteiger partial charge in [0.15, 0.2) is 0 Å². The summed E-state index contributed by atoms with van der Waals surface area (Å²) in [6.07, 6.45) is 11.9. The first kappa shape index (κ1) is 27.0. The van der Waals surface area contributed by atoms with E-state index in [1.807, 2.05) is 0 Å². The van der Waals surface area contributed by atoms with Gasteiger partial charge < -0.3 is 9.84 Å². The third-order valence-corrected chi connectivity index (χ3v) is 5.82. The summed E-state index contributed by atoms with van der Waals surface area (Å²) >= 11 is 0. The van der Waals surface area contributed by atoms with Crippen molar-refractivity contribution >= 4 is 10.1 Å². The van der Waals surface area contributed by atoms with Gasteiger partial charge in [0, 0.05) is 0 Å². The van der Waals surface area contributed by atoms with Crippen LogP contribution in [0.25, 0.3) is 0 Å². The molecule has 0 fully saturated rings. The minimum absolute atomic E-state index is 0. The van der Waals surface area contributed by atoms with E-state index in [1.54, 1.807) is 24.3 Å². The van der Waals surface area contributed by atoms with E-state index in [0.717, 1.165) is 24.8 Å². The summed E-state index contributed by atoms with van der Waals surface area (Å²) in [4.78, 5) is -0.336. The average Bonchev–Trinajstić information content (AvgIpc) is 2.68. The molecule has 7 heteroatoms. The Kier molecular flexibility index (Phi) is 12.7. The molecule has 0 saturated heterocycles. The molecule has 0 saturated carbocycles. The number of hydrogen-bond donors (Lipinski definition) is 1. The predicted octanol–water partition coefficient (Wildman–Crippen LogP) is 2.88. The van der Waals surface area contributed by atoms with Gasteiger partial charge in [-0.1, -0.05) is 88.3 Å². The van der Waals surface area contributed by atoms with E-state index in [9.17, 15) is 18.1 Å². The van der Waals surface area contributed by atoms with Gasteiger partial charge in [-0.3, -0.25) is 4.55 Å². The van der Waals surface area contributed by atoms with Crippen LogP contribution in [0.15, 0.2) is 47.4 Å². The van der Waals surface area contributed by atoms with Gasteiger partial charge in [-0.15, -0.1) is 0 Å². The average molecular weight is 443 g/mol. The minimum atomic E-state index is -4.45. The van der Waals surface area contributed by atoms with E-state index in [1.165, 1.54) is 63.1 Å². The van der Waals surface area contributed by atoms with E-state index in [-0.39, 0.29) is 51.7 Å². The van der Waals surface area contributed by atoms with Gasteiger partial charge in [0.1, 0.15) is 16.4 Å². The molecule has 0 amide bonds. The zero-order valence-electron chi connectivity index (χ0n) is 18.1. The molecular formula is C23H31NaO5S. The second-order valence-corrected chi connectivity index (χ2v) is 8.77. The zero-order valence-corrected chi connectivity index (χ0v) is 20.9. The van der Waals surface area contributed by atoms with Gasteiger partial charge in [0.2, 0.25) is 0 Å². The standard InChI is InChI=1S/C23H32O5S.Na/c1-2-3-4-5-6-7-8-9-10-13-19-16-17-23(29(25,26)27)22(18-19)28-21-15-12-11-14-20(21)24;/h11-12,14-18,24H,2-10,13H2,1H3,(H,25,26,27);/q;+1/p-1. The van der Waals surface area contributed by atoms with Crippen LogP contribution in [0.2, 0.25) is 0 Å². The Bertz CT molecular complexity index is 868. The fourth-order valence-corrected chi connectivity index (χ4v) is 3.89. The van der Waals surface area contributed by atoms with Crippen LogP contribution < -0.4 is 39.4 Å². The largest absolute Gasteiger partial charge is 1.00 e. The van der Waals surface area contributed by atoms with E-state index in [2.05, 4.69) is 6.92 Å². The molecule has 0 aromatic heterocycles. The number of rotatable bonds is 13. The Morgan fingerprint density at radius 2 is 1.47 bits per heavy atom. The molecule has 0 heterocycles. The Labute approximate surface area is 202 Å².